The van der Waals surface area contributed by atoms with E-state index in [1.54, 1.807) is 4.68 Å². The molecule has 0 aromatic carbocycles. The van der Waals surface area contributed by atoms with Gasteiger partial charge >= 0.3 is 6.18 Å². The van der Waals surface area contributed by atoms with Crippen molar-refractivity contribution < 1.29 is 22.7 Å². The van der Waals surface area contributed by atoms with E-state index in [2.05, 4.69) is 25.0 Å². The first-order valence-corrected chi connectivity index (χ1v) is 9.05. The molecule has 1 aromatic heterocycles. The van der Waals surface area contributed by atoms with Crippen LogP contribution in [0.2, 0.25) is 0 Å². The van der Waals surface area contributed by atoms with E-state index in [4.69, 9.17) is 0 Å². The Morgan fingerprint density at radius 3 is 2.37 bits per heavy atom. The molecule has 2 heterocycles. The highest BCUT2D eigenvalue weighted by Gasteiger charge is 2.27. The Kier molecular flexibility index (Phi) is 7.63. The van der Waals surface area contributed by atoms with Gasteiger partial charge in [0.05, 0.1) is 23.6 Å². The smallest absolute Gasteiger partial charge is 0.372 e. The summed E-state index contributed by atoms with van der Waals surface area (Å²) in [7, 11) is 1.84. The minimum absolute atomic E-state index is 0.0665. The molecule has 7 nitrogen and oxygen atoms in total. The maximum atomic E-state index is 12.3. The largest absolute Gasteiger partial charge is 0.411 e. The summed E-state index contributed by atoms with van der Waals surface area (Å²) in [6.07, 6.45) is -3.70. The first kappa shape index (κ1) is 21.6. The van der Waals surface area contributed by atoms with Crippen molar-refractivity contribution >= 4 is 11.6 Å². The lowest BCUT2D eigenvalue weighted by Crippen LogP contribution is -2.48. The number of aryl methyl sites for hydroxylation is 2. The minimum Gasteiger partial charge on any atom is -0.372 e. The van der Waals surface area contributed by atoms with Gasteiger partial charge in [0.2, 0.25) is 5.91 Å². The van der Waals surface area contributed by atoms with Gasteiger partial charge in [0.25, 0.3) is 0 Å². The van der Waals surface area contributed by atoms with Crippen molar-refractivity contribution in [2.75, 3.05) is 57.8 Å². The SMILES string of the molecule is Cc1nn(C)c(C)c1NC(=O)CN1CCN(CCCOCC(F)(F)F)CC1. The normalized spacial score (nSPS) is 16.7. The van der Waals surface area contributed by atoms with Gasteiger partial charge in [-0.1, -0.05) is 0 Å². The van der Waals surface area contributed by atoms with Crippen molar-refractivity contribution in [1.82, 2.24) is 19.6 Å². The number of alkyl halides is 3. The highest BCUT2D eigenvalue weighted by atomic mass is 19.4. The molecule has 1 aliphatic rings. The van der Waals surface area contributed by atoms with Gasteiger partial charge in [-0.3, -0.25) is 14.4 Å². The molecule has 0 unspecified atom stereocenters. The molecule has 0 saturated carbocycles. The Balaban J connectivity index is 1.63. The van der Waals surface area contributed by atoms with Crippen molar-refractivity contribution in [3.05, 3.63) is 11.4 Å². The lowest BCUT2D eigenvalue weighted by Gasteiger charge is -2.34. The highest BCUT2D eigenvalue weighted by Crippen LogP contribution is 2.18. The van der Waals surface area contributed by atoms with Gasteiger partial charge in [0, 0.05) is 46.4 Å². The number of halogens is 3. The first-order valence-electron chi connectivity index (χ1n) is 9.05. The summed E-state index contributed by atoms with van der Waals surface area (Å²) in [6, 6.07) is 0. The summed E-state index contributed by atoms with van der Waals surface area (Å²) in [5, 5.41) is 7.22. The fourth-order valence-electron chi connectivity index (χ4n) is 3.09. The third-order valence-corrected chi connectivity index (χ3v) is 4.63. The number of piperazine rings is 1. The van der Waals surface area contributed by atoms with Crippen LogP contribution in [0.5, 0.6) is 0 Å². The summed E-state index contributed by atoms with van der Waals surface area (Å²) in [5.74, 6) is -0.0665. The van der Waals surface area contributed by atoms with Gasteiger partial charge in [-0.2, -0.15) is 18.3 Å². The molecule has 1 fully saturated rings. The molecule has 27 heavy (non-hydrogen) atoms. The number of amides is 1. The summed E-state index contributed by atoms with van der Waals surface area (Å²) in [5.41, 5.74) is 2.47. The lowest BCUT2D eigenvalue weighted by atomic mass is 10.2. The van der Waals surface area contributed by atoms with Crippen LogP contribution in [0.25, 0.3) is 0 Å². The lowest BCUT2D eigenvalue weighted by molar-refractivity contribution is -0.174. The van der Waals surface area contributed by atoms with Gasteiger partial charge in [-0.15, -0.1) is 0 Å². The minimum atomic E-state index is -4.26. The third kappa shape index (κ3) is 7.11. The molecule has 10 heteroatoms. The zero-order valence-electron chi connectivity index (χ0n) is 16.1. The number of hydrogen-bond acceptors (Lipinski definition) is 5. The monoisotopic (exact) mass is 391 g/mol. The van der Waals surface area contributed by atoms with Crippen molar-refractivity contribution in [2.24, 2.45) is 7.05 Å². The molecule has 0 spiro atoms. The number of nitrogens with zero attached hydrogens (tertiary/aromatic N) is 4. The van der Waals surface area contributed by atoms with Crippen LogP contribution < -0.4 is 5.32 Å². The number of carbonyl (C=O) groups is 1. The molecule has 154 valence electrons. The molecule has 2 rings (SSSR count). The van der Waals surface area contributed by atoms with Gasteiger partial charge in [0.1, 0.15) is 6.61 Å². The highest BCUT2D eigenvalue weighted by molar-refractivity contribution is 5.93. The van der Waals surface area contributed by atoms with Crippen LogP contribution in [0.1, 0.15) is 17.8 Å². The standard InChI is InChI=1S/C17H28F3N5O2/c1-13-16(14(2)23(3)22-13)21-15(26)11-25-8-6-24(7-9-25)5-4-10-27-12-17(18,19)20/h4-12H2,1-3H3,(H,21,26). The van der Waals surface area contributed by atoms with E-state index in [-0.39, 0.29) is 12.5 Å². The number of carbonyl (C=O) groups excluding carboxylic acids is 1. The van der Waals surface area contributed by atoms with Crippen molar-refractivity contribution in [3.63, 3.8) is 0 Å². The number of ether oxygens (including phenoxy) is 1. The zero-order chi connectivity index (χ0) is 20.0. The second-order valence-electron chi connectivity index (χ2n) is 6.86. The summed E-state index contributed by atoms with van der Waals surface area (Å²) >= 11 is 0. The number of anilines is 1. The fraction of sp³-hybridized carbons (Fsp3) is 0.765. The van der Waals surface area contributed by atoms with Gasteiger partial charge < -0.3 is 15.0 Å². The quantitative estimate of drug-likeness (QED) is 0.682. The maximum Gasteiger partial charge on any atom is 0.411 e. The molecule has 0 atom stereocenters. The molecular formula is C17H28F3N5O2. The molecule has 0 bridgehead atoms. The van der Waals surface area contributed by atoms with E-state index in [1.165, 1.54) is 0 Å². The van der Waals surface area contributed by atoms with Crippen LogP contribution in [0, 0.1) is 13.8 Å². The van der Waals surface area contributed by atoms with Crippen LogP contribution >= 0.6 is 0 Å². The Labute approximate surface area is 157 Å². The number of hydrogen-bond donors (Lipinski definition) is 1. The molecule has 1 amide bonds. The van der Waals surface area contributed by atoms with Crippen LogP contribution in [0.15, 0.2) is 0 Å². The van der Waals surface area contributed by atoms with Gasteiger partial charge in [-0.05, 0) is 20.3 Å². The predicted octanol–water partition coefficient (Wildman–Crippen LogP) is 1.56. The van der Waals surface area contributed by atoms with Crippen molar-refractivity contribution in [1.29, 1.82) is 0 Å². The molecular weight excluding hydrogens is 363 g/mol. The third-order valence-electron chi connectivity index (χ3n) is 4.63. The number of aromatic nitrogens is 2. The summed E-state index contributed by atoms with van der Waals surface area (Å²) in [4.78, 5) is 16.5. The average molecular weight is 391 g/mol. The Morgan fingerprint density at radius 2 is 1.81 bits per heavy atom. The Bertz CT molecular complexity index is 625. The van der Waals surface area contributed by atoms with Crippen molar-refractivity contribution in [2.45, 2.75) is 26.4 Å². The van der Waals surface area contributed by atoms with E-state index in [0.717, 1.165) is 43.3 Å². The molecule has 0 aliphatic carbocycles. The van der Waals surface area contributed by atoms with Gasteiger partial charge in [0.15, 0.2) is 0 Å². The molecule has 1 aliphatic heterocycles. The van der Waals surface area contributed by atoms with Crippen LogP contribution in [0.4, 0.5) is 18.9 Å². The van der Waals surface area contributed by atoms with E-state index in [1.807, 2.05) is 20.9 Å². The second-order valence-corrected chi connectivity index (χ2v) is 6.86. The second kappa shape index (κ2) is 9.52. The molecule has 1 saturated heterocycles. The van der Waals surface area contributed by atoms with Crippen LogP contribution in [-0.2, 0) is 16.6 Å². The van der Waals surface area contributed by atoms with Crippen LogP contribution in [-0.4, -0.2) is 84.1 Å². The van der Waals surface area contributed by atoms with E-state index in [9.17, 15) is 18.0 Å². The number of rotatable bonds is 8. The fourth-order valence-corrected chi connectivity index (χ4v) is 3.09. The average Bonchev–Trinajstić information content (AvgIpc) is 2.81. The van der Waals surface area contributed by atoms with Crippen molar-refractivity contribution in [3.8, 4) is 0 Å². The Morgan fingerprint density at radius 1 is 1.19 bits per heavy atom. The van der Waals surface area contributed by atoms with Crippen LogP contribution in [0.3, 0.4) is 0 Å². The Hall–Kier alpha value is -1.65. The molecule has 1 aromatic rings. The van der Waals surface area contributed by atoms with E-state index in [0.29, 0.717) is 19.5 Å². The molecule has 1 N–H and O–H groups in total. The van der Waals surface area contributed by atoms with Gasteiger partial charge in [-0.25, -0.2) is 0 Å². The first-order chi connectivity index (χ1) is 12.7. The summed E-state index contributed by atoms with van der Waals surface area (Å²) < 4.78 is 42.3. The maximum absolute atomic E-state index is 12.3. The van der Waals surface area contributed by atoms with E-state index >= 15 is 0 Å². The zero-order valence-corrected chi connectivity index (χ0v) is 16.1. The van der Waals surface area contributed by atoms with E-state index < -0.39 is 12.8 Å². The predicted molar refractivity (Wildman–Crippen MR) is 95.7 cm³/mol. The number of nitrogens with one attached hydrogen (secondary N) is 1. The topological polar surface area (TPSA) is 62.6 Å². The summed E-state index contributed by atoms with van der Waals surface area (Å²) in [6.45, 7) is 6.78. The molecule has 0 radical (unpaired) electrons.